The highest BCUT2D eigenvalue weighted by atomic mass is 16.5. The van der Waals surface area contributed by atoms with Crippen LogP contribution < -0.4 is 0 Å². The Morgan fingerprint density at radius 2 is 2.03 bits per heavy atom. The quantitative estimate of drug-likeness (QED) is 0.466. The third-order valence-corrected chi connectivity index (χ3v) is 10.3. The number of hydrogen-bond acceptors (Lipinski definition) is 4. The zero-order valence-corrected chi connectivity index (χ0v) is 21.1. The van der Waals surface area contributed by atoms with Gasteiger partial charge < -0.3 is 14.2 Å². The van der Waals surface area contributed by atoms with Crippen molar-refractivity contribution in [1.82, 2.24) is 4.98 Å². The maximum absolute atomic E-state index is 7.39. The van der Waals surface area contributed by atoms with Gasteiger partial charge in [0.25, 0.3) is 0 Å². The zero-order valence-electron chi connectivity index (χ0n) is 21.1. The van der Waals surface area contributed by atoms with Crippen molar-refractivity contribution in [2.45, 2.75) is 81.5 Å². The normalized spacial score (nSPS) is 39.5. The molecule has 0 amide bonds. The first-order chi connectivity index (χ1) is 17.1. The van der Waals surface area contributed by atoms with Crippen LogP contribution in [-0.4, -0.2) is 42.6 Å². The Morgan fingerprint density at radius 3 is 2.94 bits per heavy atom. The number of methoxy groups -OCH3 is 1. The maximum Gasteiger partial charge on any atom is 0.0974 e. The van der Waals surface area contributed by atoms with Crippen molar-refractivity contribution < 1.29 is 14.2 Å². The van der Waals surface area contributed by atoms with Crippen LogP contribution in [0.5, 0.6) is 0 Å². The molecule has 2 bridgehead atoms. The predicted molar refractivity (Wildman–Crippen MR) is 137 cm³/mol. The van der Waals surface area contributed by atoms with Crippen molar-refractivity contribution in [3.05, 3.63) is 65.5 Å². The van der Waals surface area contributed by atoms with E-state index in [9.17, 15) is 0 Å². The lowest BCUT2D eigenvalue weighted by molar-refractivity contribution is -0.150. The summed E-state index contributed by atoms with van der Waals surface area (Å²) in [4.78, 5) is 4.38. The van der Waals surface area contributed by atoms with E-state index in [4.69, 9.17) is 14.2 Å². The molecule has 3 fully saturated rings. The Morgan fingerprint density at radius 1 is 1.09 bits per heavy atom. The van der Waals surface area contributed by atoms with E-state index in [1.165, 1.54) is 40.3 Å². The number of allylic oxidation sites excluding steroid dienone is 1. The number of fused-ring (bicyclic) bond motifs is 2. The number of rotatable bonds is 5. The van der Waals surface area contributed by atoms with Crippen molar-refractivity contribution in [1.29, 1.82) is 0 Å². The highest BCUT2D eigenvalue weighted by Gasteiger charge is 2.66. The first kappa shape index (κ1) is 22.2. The molecule has 1 saturated heterocycles. The smallest absolute Gasteiger partial charge is 0.0974 e. The fraction of sp³-hybridized carbons (Fsp3) is 0.581. The lowest BCUT2D eigenvalue weighted by atomic mass is 9.58. The molecule has 0 N–H and O–H groups in total. The molecule has 2 aromatic rings. The fourth-order valence-electron chi connectivity index (χ4n) is 8.67. The molecule has 4 heteroatoms. The molecule has 0 radical (unpaired) electrons. The van der Waals surface area contributed by atoms with E-state index < -0.39 is 0 Å². The van der Waals surface area contributed by atoms with E-state index in [-0.39, 0.29) is 22.7 Å². The molecule has 7 rings (SSSR count). The minimum absolute atomic E-state index is 0.113. The molecule has 4 nitrogen and oxygen atoms in total. The number of nitrogens with zero attached hydrogens (tertiary/aromatic N) is 1. The highest BCUT2D eigenvalue weighted by molar-refractivity contribution is 5.82. The van der Waals surface area contributed by atoms with E-state index in [2.05, 4.69) is 48.3 Å². The lowest BCUT2D eigenvalue weighted by Crippen LogP contribution is -2.54. The van der Waals surface area contributed by atoms with Crippen molar-refractivity contribution in [3.8, 4) is 0 Å². The first-order valence-corrected chi connectivity index (χ1v) is 13.6. The summed E-state index contributed by atoms with van der Waals surface area (Å²) in [6.45, 7) is 3.89. The van der Waals surface area contributed by atoms with Crippen LogP contribution in [0.4, 0.5) is 0 Å². The second-order valence-electron chi connectivity index (χ2n) is 11.9. The zero-order chi connectivity index (χ0) is 23.7. The van der Waals surface area contributed by atoms with Crippen LogP contribution in [0.1, 0.15) is 69.8 Å². The van der Waals surface area contributed by atoms with Gasteiger partial charge in [-0.1, -0.05) is 31.2 Å². The minimum Gasteiger partial charge on any atom is -0.382 e. The Balaban J connectivity index is 1.21. The van der Waals surface area contributed by atoms with E-state index in [1.54, 1.807) is 7.11 Å². The third kappa shape index (κ3) is 3.19. The number of pyridine rings is 1. The highest BCUT2D eigenvalue weighted by Crippen LogP contribution is 2.69. The van der Waals surface area contributed by atoms with E-state index in [1.807, 2.05) is 12.4 Å². The molecular formula is C31H37NO3. The minimum atomic E-state index is -0.113. The number of benzene rings is 1. The van der Waals surface area contributed by atoms with E-state index in [0.717, 1.165) is 38.5 Å². The Bertz CT molecular complexity index is 1220. The van der Waals surface area contributed by atoms with E-state index >= 15 is 0 Å². The molecule has 1 aromatic carbocycles. The predicted octanol–water partition coefficient (Wildman–Crippen LogP) is 6.51. The molecule has 6 atom stereocenters. The molecule has 2 saturated carbocycles. The largest absolute Gasteiger partial charge is 0.382 e. The molecule has 2 aliphatic heterocycles. The fourth-order valence-corrected chi connectivity index (χ4v) is 8.67. The molecule has 3 aliphatic carbocycles. The third-order valence-electron chi connectivity index (χ3n) is 10.3. The van der Waals surface area contributed by atoms with Gasteiger partial charge in [0.05, 0.1) is 30.5 Å². The summed E-state index contributed by atoms with van der Waals surface area (Å²) >= 11 is 0. The van der Waals surface area contributed by atoms with Crippen LogP contribution in [0.3, 0.4) is 0 Å². The van der Waals surface area contributed by atoms with Crippen LogP contribution in [-0.2, 0) is 14.2 Å². The van der Waals surface area contributed by atoms with Crippen LogP contribution in [0.15, 0.2) is 60.0 Å². The van der Waals surface area contributed by atoms with Crippen LogP contribution in [0, 0.1) is 11.3 Å². The number of hydrogen-bond donors (Lipinski definition) is 0. The van der Waals surface area contributed by atoms with Crippen molar-refractivity contribution in [2.24, 2.45) is 11.3 Å². The second-order valence-corrected chi connectivity index (χ2v) is 11.9. The summed E-state index contributed by atoms with van der Waals surface area (Å²) in [6.07, 6.45) is 18.4. The Kier molecular flexibility index (Phi) is 5.07. The van der Waals surface area contributed by atoms with Gasteiger partial charge >= 0.3 is 0 Å². The molecule has 3 heterocycles. The Hall–Kier alpha value is -2.01. The lowest BCUT2D eigenvalue weighted by Gasteiger charge is -2.54. The summed E-state index contributed by atoms with van der Waals surface area (Å²) in [5.74, 6) is 1.13. The van der Waals surface area contributed by atoms with E-state index in [0.29, 0.717) is 25.0 Å². The average Bonchev–Trinajstić information content (AvgIpc) is 3.39. The molecule has 0 unspecified atom stereocenters. The van der Waals surface area contributed by atoms with Crippen LogP contribution >= 0.6 is 0 Å². The summed E-state index contributed by atoms with van der Waals surface area (Å²) in [5, 5.41) is 2.53. The van der Waals surface area contributed by atoms with Gasteiger partial charge in [-0.15, -0.1) is 0 Å². The first-order valence-electron chi connectivity index (χ1n) is 13.6. The molecule has 35 heavy (non-hydrogen) atoms. The molecule has 5 aliphatic rings. The molecule has 184 valence electrons. The summed E-state index contributed by atoms with van der Waals surface area (Å²) < 4.78 is 18.8. The van der Waals surface area contributed by atoms with Gasteiger partial charge in [0.2, 0.25) is 0 Å². The number of ether oxygens (including phenoxy) is 3. The standard InChI is InChI=1S/C31H37NO3/c1-29-11-9-25-18-24-5-6-26(34-16-15-33-2)19-30(24)12-13-31(25,35-30)28(29)8-7-27(29)22-4-3-21-10-14-32-20-23(21)17-22/h3-4,9-10,14,17-18,20,26-28H,5-8,11-13,15-16,19H2,1-2H3/t26-,27-,28-,29-,30-,31-/m1/s1. The molecule has 2 spiro atoms. The summed E-state index contributed by atoms with van der Waals surface area (Å²) in [5.41, 5.74) is 4.50. The van der Waals surface area contributed by atoms with Gasteiger partial charge in [-0.2, -0.15) is 0 Å². The van der Waals surface area contributed by atoms with Gasteiger partial charge in [-0.3, -0.25) is 4.98 Å². The van der Waals surface area contributed by atoms with Gasteiger partial charge in [0, 0.05) is 31.3 Å². The summed E-state index contributed by atoms with van der Waals surface area (Å²) in [7, 11) is 1.74. The molecular weight excluding hydrogens is 434 g/mol. The number of aromatic nitrogens is 1. The van der Waals surface area contributed by atoms with Crippen LogP contribution in [0.25, 0.3) is 10.8 Å². The maximum atomic E-state index is 7.39. The summed E-state index contributed by atoms with van der Waals surface area (Å²) in [6, 6.07) is 9.17. The van der Waals surface area contributed by atoms with Gasteiger partial charge in [0.1, 0.15) is 0 Å². The van der Waals surface area contributed by atoms with Crippen molar-refractivity contribution >= 4 is 10.8 Å². The average molecular weight is 472 g/mol. The Labute approximate surface area is 208 Å². The van der Waals surface area contributed by atoms with Gasteiger partial charge in [-0.05, 0) is 96.4 Å². The van der Waals surface area contributed by atoms with Gasteiger partial charge in [0.15, 0.2) is 0 Å². The SMILES string of the molecule is COCCO[C@@H]1CCC2=CC3=CC[C@]4(C)[C@@H](c5ccc6ccncc6c5)CC[C@H]4[C@@]34CC[C@]2(C1)O4. The monoisotopic (exact) mass is 471 g/mol. The topological polar surface area (TPSA) is 40.6 Å². The van der Waals surface area contributed by atoms with Gasteiger partial charge in [-0.25, -0.2) is 0 Å². The van der Waals surface area contributed by atoms with Crippen LogP contribution in [0.2, 0.25) is 0 Å². The second kappa shape index (κ2) is 7.99. The van der Waals surface area contributed by atoms with Crippen molar-refractivity contribution in [3.63, 3.8) is 0 Å². The molecule has 1 aromatic heterocycles. The van der Waals surface area contributed by atoms with Crippen molar-refractivity contribution in [2.75, 3.05) is 20.3 Å².